The third-order valence-corrected chi connectivity index (χ3v) is 4.94. The monoisotopic (exact) mass is 466 g/mol. The average molecular weight is 466 g/mol. The van der Waals surface area contributed by atoms with Crippen molar-refractivity contribution in [1.29, 1.82) is 0 Å². The Morgan fingerprint density at radius 1 is 1.21 bits per heavy atom. The van der Waals surface area contributed by atoms with Crippen molar-refractivity contribution >= 4 is 11.9 Å². The van der Waals surface area contributed by atoms with Gasteiger partial charge in [0.25, 0.3) is 5.56 Å². The van der Waals surface area contributed by atoms with Crippen molar-refractivity contribution in [2.24, 2.45) is 0 Å². The molecule has 3 rings (SSSR count). The summed E-state index contributed by atoms with van der Waals surface area (Å²) in [7, 11) is 0. The molecular weight excluding hydrogens is 444 g/mol. The fourth-order valence-electron chi connectivity index (χ4n) is 3.22. The van der Waals surface area contributed by atoms with E-state index in [-0.39, 0.29) is 30.6 Å². The number of esters is 2. The first-order chi connectivity index (χ1) is 15.6. The number of carbonyl (C=O) groups is 2. The standard InChI is InChI=1S/C20H22N2O11/c1-9-7-22(20(30)21-18(9)28)15-6-13(14(8-23)32-15)33-16(26)2-3-31-19(29)10-4-11(24)17(27)12(25)5-10/h4-5,7,13-15,23-25,27H,2-3,6,8H2,1H3,(H,21,28,30). The van der Waals surface area contributed by atoms with Gasteiger partial charge in [-0.2, -0.15) is 0 Å². The van der Waals surface area contributed by atoms with Crippen LogP contribution in [-0.4, -0.2) is 67.3 Å². The number of aromatic nitrogens is 2. The summed E-state index contributed by atoms with van der Waals surface area (Å²) >= 11 is 0. The van der Waals surface area contributed by atoms with Gasteiger partial charge in [-0.15, -0.1) is 0 Å². The summed E-state index contributed by atoms with van der Waals surface area (Å²) in [6, 6.07) is 1.77. The van der Waals surface area contributed by atoms with Crippen LogP contribution >= 0.6 is 0 Å². The van der Waals surface area contributed by atoms with Gasteiger partial charge in [-0.25, -0.2) is 9.59 Å². The predicted octanol–water partition coefficient (Wildman–Crippen LogP) is -0.599. The molecule has 1 fully saturated rings. The molecule has 3 atom stereocenters. The molecule has 1 saturated heterocycles. The zero-order chi connectivity index (χ0) is 24.3. The van der Waals surface area contributed by atoms with Gasteiger partial charge < -0.3 is 34.6 Å². The summed E-state index contributed by atoms with van der Waals surface area (Å²) in [6.07, 6.45) is -1.69. The number of H-pyrrole nitrogens is 1. The molecule has 0 aliphatic carbocycles. The molecule has 1 aliphatic heterocycles. The molecule has 2 aromatic rings. The first-order valence-electron chi connectivity index (χ1n) is 9.80. The molecule has 0 spiro atoms. The Morgan fingerprint density at radius 2 is 1.88 bits per heavy atom. The molecule has 3 unspecified atom stereocenters. The van der Waals surface area contributed by atoms with Crippen molar-refractivity contribution in [2.75, 3.05) is 13.2 Å². The van der Waals surface area contributed by atoms with E-state index < -0.39 is 65.5 Å². The van der Waals surface area contributed by atoms with Gasteiger partial charge in [-0.1, -0.05) is 0 Å². The highest BCUT2D eigenvalue weighted by molar-refractivity contribution is 5.91. The van der Waals surface area contributed by atoms with Gasteiger partial charge in [0.2, 0.25) is 0 Å². The Balaban J connectivity index is 1.55. The highest BCUT2D eigenvalue weighted by Crippen LogP contribution is 2.35. The van der Waals surface area contributed by atoms with Crippen LogP contribution in [0, 0.1) is 6.92 Å². The lowest BCUT2D eigenvalue weighted by atomic mass is 10.2. The second-order valence-electron chi connectivity index (χ2n) is 7.30. The number of rotatable bonds is 7. The van der Waals surface area contributed by atoms with Gasteiger partial charge in [-0.3, -0.25) is 19.1 Å². The molecule has 13 nitrogen and oxygen atoms in total. The molecule has 13 heteroatoms. The van der Waals surface area contributed by atoms with Crippen molar-refractivity contribution in [3.8, 4) is 17.2 Å². The molecular formula is C20H22N2O11. The van der Waals surface area contributed by atoms with Crippen molar-refractivity contribution < 1.29 is 44.2 Å². The van der Waals surface area contributed by atoms with Crippen LogP contribution in [0.4, 0.5) is 0 Å². The minimum Gasteiger partial charge on any atom is -0.504 e. The third kappa shape index (κ3) is 5.32. The minimum atomic E-state index is -0.960. The number of phenols is 3. The van der Waals surface area contributed by atoms with Gasteiger partial charge in [0.05, 0.1) is 18.6 Å². The Morgan fingerprint density at radius 3 is 2.52 bits per heavy atom. The number of nitrogens with one attached hydrogen (secondary N) is 1. The number of phenolic OH excluding ortho intramolecular Hbond substituents is 3. The summed E-state index contributed by atoms with van der Waals surface area (Å²) in [5, 5.41) is 37.7. The van der Waals surface area contributed by atoms with Crippen LogP contribution in [0.3, 0.4) is 0 Å². The number of aromatic amines is 1. The van der Waals surface area contributed by atoms with E-state index in [2.05, 4.69) is 4.98 Å². The normalized spacial score (nSPS) is 19.9. The lowest BCUT2D eigenvalue weighted by Crippen LogP contribution is -2.33. The van der Waals surface area contributed by atoms with E-state index in [0.717, 1.165) is 16.7 Å². The van der Waals surface area contributed by atoms with Crippen molar-refractivity contribution in [2.45, 2.75) is 38.2 Å². The van der Waals surface area contributed by atoms with Gasteiger partial charge in [0.1, 0.15) is 25.0 Å². The molecule has 1 aromatic carbocycles. The maximum Gasteiger partial charge on any atom is 0.338 e. The van der Waals surface area contributed by atoms with Crippen LogP contribution in [0.2, 0.25) is 0 Å². The largest absolute Gasteiger partial charge is 0.504 e. The molecule has 5 N–H and O–H groups in total. The molecule has 178 valence electrons. The van der Waals surface area contributed by atoms with Gasteiger partial charge in [0, 0.05) is 18.2 Å². The second-order valence-corrected chi connectivity index (χ2v) is 7.30. The van der Waals surface area contributed by atoms with Gasteiger partial charge in [0.15, 0.2) is 17.2 Å². The Kier molecular flexibility index (Phi) is 7.04. The Hall–Kier alpha value is -3.84. The maximum atomic E-state index is 12.2. The van der Waals surface area contributed by atoms with E-state index in [1.54, 1.807) is 0 Å². The molecule has 0 bridgehead atoms. The lowest BCUT2D eigenvalue weighted by Gasteiger charge is -2.16. The van der Waals surface area contributed by atoms with Crippen molar-refractivity contribution in [3.63, 3.8) is 0 Å². The molecule has 33 heavy (non-hydrogen) atoms. The van der Waals surface area contributed by atoms with Crippen LogP contribution in [0.25, 0.3) is 0 Å². The van der Waals surface area contributed by atoms with E-state index in [4.69, 9.17) is 14.2 Å². The van der Waals surface area contributed by atoms with E-state index in [1.807, 2.05) is 0 Å². The zero-order valence-corrected chi connectivity index (χ0v) is 17.4. The lowest BCUT2D eigenvalue weighted by molar-refractivity contribution is -0.153. The first-order valence-corrected chi connectivity index (χ1v) is 9.80. The topological polar surface area (TPSA) is 198 Å². The van der Waals surface area contributed by atoms with E-state index in [9.17, 15) is 39.6 Å². The van der Waals surface area contributed by atoms with Crippen molar-refractivity contribution in [3.05, 3.63) is 50.3 Å². The number of hydrogen-bond acceptors (Lipinski definition) is 11. The predicted molar refractivity (Wildman–Crippen MR) is 108 cm³/mol. The van der Waals surface area contributed by atoms with Crippen LogP contribution in [0.5, 0.6) is 17.2 Å². The molecule has 1 aliphatic rings. The molecule has 0 saturated carbocycles. The first kappa shape index (κ1) is 23.8. The Bertz CT molecular complexity index is 1150. The van der Waals surface area contributed by atoms with E-state index in [1.165, 1.54) is 13.1 Å². The number of hydrogen-bond donors (Lipinski definition) is 5. The number of nitrogens with zero attached hydrogens (tertiary/aromatic N) is 1. The number of aromatic hydroxyl groups is 3. The quantitative estimate of drug-likeness (QED) is 0.258. The maximum absolute atomic E-state index is 12.2. The summed E-state index contributed by atoms with van der Waals surface area (Å²) in [6.45, 7) is 0.626. The number of aryl methyl sites for hydroxylation is 1. The highest BCUT2D eigenvalue weighted by atomic mass is 16.6. The number of carbonyl (C=O) groups excluding carboxylic acids is 2. The summed E-state index contributed by atoms with van der Waals surface area (Å²) in [4.78, 5) is 49.9. The second kappa shape index (κ2) is 9.75. The van der Waals surface area contributed by atoms with Crippen LogP contribution in [0.15, 0.2) is 27.9 Å². The molecule has 0 amide bonds. The smallest absolute Gasteiger partial charge is 0.338 e. The van der Waals surface area contributed by atoms with Crippen molar-refractivity contribution in [1.82, 2.24) is 9.55 Å². The number of benzene rings is 1. The van der Waals surface area contributed by atoms with Crippen LogP contribution in [0.1, 0.15) is 35.0 Å². The van der Waals surface area contributed by atoms with E-state index >= 15 is 0 Å². The molecule has 0 radical (unpaired) electrons. The molecule has 2 heterocycles. The molecule has 1 aromatic heterocycles. The summed E-state index contributed by atoms with van der Waals surface area (Å²) in [5.74, 6) is -3.95. The number of ether oxygens (including phenoxy) is 3. The van der Waals surface area contributed by atoms with Crippen LogP contribution < -0.4 is 11.2 Å². The van der Waals surface area contributed by atoms with Gasteiger partial charge in [-0.05, 0) is 19.1 Å². The zero-order valence-electron chi connectivity index (χ0n) is 17.4. The minimum absolute atomic E-state index is 0.0359. The van der Waals surface area contributed by atoms with E-state index in [0.29, 0.717) is 0 Å². The third-order valence-electron chi connectivity index (χ3n) is 4.94. The average Bonchev–Trinajstić information content (AvgIpc) is 3.16. The summed E-state index contributed by atoms with van der Waals surface area (Å²) < 4.78 is 16.9. The van der Waals surface area contributed by atoms with Gasteiger partial charge >= 0.3 is 17.6 Å². The number of aliphatic hydroxyl groups is 1. The fraction of sp³-hybridized carbons (Fsp3) is 0.400. The fourth-order valence-corrected chi connectivity index (χ4v) is 3.22. The number of aliphatic hydroxyl groups excluding tert-OH is 1. The Labute approximate surface area is 185 Å². The summed E-state index contributed by atoms with van der Waals surface area (Å²) in [5.41, 5.74) is -1.22. The van der Waals surface area contributed by atoms with Crippen LogP contribution in [-0.2, 0) is 19.0 Å². The highest BCUT2D eigenvalue weighted by Gasteiger charge is 2.39. The SMILES string of the molecule is Cc1cn(C2CC(OC(=O)CCOC(=O)c3cc(O)c(O)c(O)c3)C(CO)O2)c(=O)[nH]c1=O.